The molecule has 1 heterocycles. The van der Waals surface area contributed by atoms with E-state index in [-0.39, 0.29) is 19.1 Å². The van der Waals surface area contributed by atoms with Crippen molar-refractivity contribution in [1.29, 1.82) is 0 Å². The normalized spacial score (nSPS) is 10.7. The van der Waals surface area contributed by atoms with Crippen LogP contribution in [0.3, 0.4) is 0 Å². The van der Waals surface area contributed by atoms with Gasteiger partial charge >= 0.3 is 0 Å². The van der Waals surface area contributed by atoms with Crippen molar-refractivity contribution in [3.8, 4) is 21.9 Å². The largest absolute Gasteiger partial charge is 0.493 e. The molecule has 0 saturated carbocycles. The summed E-state index contributed by atoms with van der Waals surface area (Å²) in [6.45, 7) is 2.48. The minimum absolute atomic E-state index is 0.142. The van der Waals surface area contributed by atoms with Crippen molar-refractivity contribution in [3.05, 3.63) is 59.3 Å². The van der Waals surface area contributed by atoms with E-state index < -0.39 is 0 Å². The monoisotopic (exact) mass is 441 g/mol. The Hall–Kier alpha value is -3.10. The first kappa shape index (κ1) is 22.6. The lowest BCUT2D eigenvalue weighted by Crippen LogP contribution is -2.35. The summed E-state index contributed by atoms with van der Waals surface area (Å²) < 4.78 is 10.6. The molecule has 0 atom stereocenters. The second-order valence-corrected chi connectivity index (χ2v) is 8.09. The van der Waals surface area contributed by atoms with Crippen LogP contribution in [0.1, 0.15) is 21.6 Å². The molecular weight excluding hydrogens is 414 g/mol. The number of hydrogen-bond donors (Lipinski definition) is 2. The number of aryl methyl sites for hydroxylation is 1. The van der Waals surface area contributed by atoms with Crippen molar-refractivity contribution in [3.63, 3.8) is 0 Å². The predicted octanol–water partition coefficient (Wildman–Crippen LogP) is 3.40. The number of hydrogen-bond acceptors (Lipinski definition) is 7. The lowest BCUT2D eigenvalue weighted by molar-refractivity contribution is 0.0720. The number of amides is 1. The highest BCUT2D eigenvalue weighted by Gasteiger charge is 2.24. The first-order valence-corrected chi connectivity index (χ1v) is 10.7. The van der Waals surface area contributed by atoms with E-state index in [0.717, 1.165) is 21.6 Å². The van der Waals surface area contributed by atoms with Gasteiger partial charge in [-0.1, -0.05) is 47.2 Å². The lowest BCUT2D eigenvalue weighted by atomic mass is 10.1. The molecule has 3 N–H and O–H groups in total. The molecule has 0 spiro atoms. The number of aromatic nitrogens is 1. The third-order valence-electron chi connectivity index (χ3n) is 4.90. The summed E-state index contributed by atoms with van der Waals surface area (Å²) in [6.07, 6.45) is 0.589. The molecule has 2 aromatic carbocycles. The molecule has 1 amide bonds. The maximum atomic E-state index is 13.3. The Balaban J connectivity index is 1.83. The first-order valence-electron chi connectivity index (χ1n) is 9.91. The average molecular weight is 442 g/mol. The van der Waals surface area contributed by atoms with Gasteiger partial charge in [0.05, 0.1) is 25.7 Å². The highest BCUT2D eigenvalue weighted by Crippen LogP contribution is 2.33. The summed E-state index contributed by atoms with van der Waals surface area (Å²) in [5.74, 6) is 1.03. The number of rotatable bonds is 9. The average Bonchev–Trinajstić information content (AvgIpc) is 3.17. The van der Waals surface area contributed by atoms with Crippen LogP contribution in [0, 0.1) is 6.92 Å². The highest BCUT2D eigenvalue weighted by atomic mass is 32.1. The van der Waals surface area contributed by atoms with Gasteiger partial charge in [-0.3, -0.25) is 4.79 Å². The van der Waals surface area contributed by atoms with Crippen LogP contribution >= 0.6 is 11.3 Å². The number of thiazole rings is 1. The lowest BCUT2D eigenvalue weighted by Gasteiger charge is -2.22. The van der Waals surface area contributed by atoms with Gasteiger partial charge in [0, 0.05) is 13.1 Å². The molecule has 31 heavy (non-hydrogen) atoms. The fraction of sp³-hybridized carbons (Fsp3) is 0.304. The van der Waals surface area contributed by atoms with Crippen molar-refractivity contribution >= 4 is 22.4 Å². The van der Waals surface area contributed by atoms with Crippen molar-refractivity contribution in [2.45, 2.75) is 13.3 Å². The first-order chi connectivity index (χ1) is 15.0. The zero-order valence-electron chi connectivity index (χ0n) is 17.9. The second kappa shape index (κ2) is 10.3. The van der Waals surface area contributed by atoms with Gasteiger partial charge in [-0.25, -0.2) is 4.98 Å². The number of nitrogen functional groups attached to an aromatic ring is 1. The number of benzene rings is 2. The fourth-order valence-corrected chi connectivity index (χ4v) is 4.17. The smallest absolute Gasteiger partial charge is 0.274 e. The molecule has 0 aliphatic carbocycles. The van der Waals surface area contributed by atoms with E-state index in [1.54, 1.807) is 19.1 Å². The Morgan fingerprint density at radius 1 is 1.13 bits per heavy atom. The van der Waals surface area contributed by atoms with Gasteiger partial charge in [-0.15, -0.1) is 0 Å². The number of ether oxygens (including phenoxy) is 2. The van der Waals surface area contributed by atoms with E-state index >= 15 is 0 Å². The quantitative estimate of drug-likeness (QED) is 0.528. The van der Waals surface area contributed by atoms with Gasteiger partial charge in [0.1, 0.15) is 5.69 Å². The van der Waals surface area contributed by atoms with Gasteiger partial charge in [-0.05, 0) is 36.6 Å². The molecule has 1 aromatic heterocycles. The molecule has 3 aromatic rings. The number of carbonyl (C=O) groups is 1. The molecule has 7 nitrogen and oxygen atoms in total. The Morgan fingerprint density at radius 2 is 1.90 bits per heavy atom. The molecule has 0 bridgehead atoms. The van der Waals surface area contributed by atoms with E-state index in [1.165, 1.54) is 11.3 Å². The number of aliphatic hydroxyl groups excluding tert-OH is 1. The van der Waals surface area contributed by atoms with Crippen LogP contribution in [-0.2, 0) is 6.42 Å². The minimum Gasteiger partial charge on any atom is -0.493 e. The number of nitrogens with zero attached hydrogens (tertiary/aromatic N) is 2. The number of carbonyl (C=O) groups excluding carboxylic acids is 1. The summed E-state index contributed by atoms with van der Waals surface area (Å²) in [7, 11) is 3.17. The molecule has 0 radical (unpaired) electrons. The molecule has 164 valence electrons. The predicted molar refractivity (Wildman–Crippen MR) is 123 cm³/mol. The van der Waals surface area contributed by atoms with E-state index in [0.29, 0.717) is 35.3 Å². The summed E-state index contributed by atoms with van der Waals surface area (Å²) in [4.78, 5) is 20.0. The van der Waals surface area contributed by atoms with E-state index in [1.807, 2.05) is 49.4 Å². The third-order valence-corrected chi connectivity index (χ3v) is 5.84. The molecule has 0 aliphatic rings. The van der Waals surface area contributed by atoms with Gasteiger partial charge in [0.25, 0.3) is 5.91 Å². The molecule has 0 saturated heterocycles. The summed E-state index contributed by atoms with van der Waals surface area (Å²) in [5, 5.41) is 9.87. The Bertz CT molecular complexity index is 1050. The third kappa shape index (κ3) is 5.34. The maximum Gasteiger partial charge on any atom is 0.274 e. The van der Waals surface area contributed by atoms with Crippen LogP contribution in [0.5, 0.6) is 11.5 Å². The zero-order chi connectivity index (χ0) is 22.4. The van der Waals surface area contributed by atoms with Crippen LogP contribution in [0.2, 0.25) is 0 Å². The Kier molecular flexibility index (Phi) is 7.49. The van der Waals surface area contributed by atoms with Gasteiger partial charge in [0.2, 0.25) is 0 Å². The van der Waals surface area contributed by atoms with Crippen LogP contribution in [0.15, 0.2) is 42.5 Å². The standard InChI is InChI=1S/C23H27N3O4S/c1-15-5-4-6-17(13-15)21-20(25-23(24)31-21)22(28)26(11-12-27)10-9-16-7-8-18(29-2)19(14-16)30-3/h4-8,13-14,27H,9-12H2,1-3H3,(H2,24,25). The Morgan fingerprint density at radius 3 is 2.58 bits per heavy atom. The van der Waals surface area contributed by atoms with E-state index in [2.05, 4.69) is 4.98 Å². The summed E-state index contributed by atoms with van der Waals surface area (Å²) >= 11 is 1.29. The topological polar surface area (TPSA) is 97.9 Å². The van der Waals surface area contributed by atoms with Gasteiger partial charge in [-0.2, -0.15) is 0 Å². The Labute approximate surface area is 186 Å². The van der Waals surface area contributed by atoms with Crippen molar-refractivity contribution in [2.75, 3.05) is 39.6 Å². The van der Waals surface area contributed by atoms with E-state index in [4.69, 9.17) is 15.2 Å². The molecular formula is C23H27N3O4S. The number of methoxy groups -OCH3 is 2. The number of nitrogens with two attached hydrogens (primary N) is 1. The minimum atomic E-state index is -0.251. The van der Waals surface area contributed by atoms with Crippen LogP contribution < -0.4 is 15.2 Å². The molecule has 0 fully saturated rings. The zero-order valence-corrected chi connectivity index (χ0v) is 18.7. The number of anilines is 1. The van der Waals surface area contributed by atoms with Crippen molar-refractivity contribution in [1.82, 2.24) is 9.88 Å². The van der Waals surface area contributed by atoms with Crippen LogP contribution in [0.25, 0.3) is 10.4 Å². The molecule has 0 aliphatic heterocycles. The maximum absolute atomic E-state index is 13.3. The fourth-order valence-electron chi connectivity index (χ4n) is 3.35. The summed E-state index contributed by atoms with van der Waals surface area (Å²) in [6, 6.07) is 13.5. The van der Waals surface area contributed by atoms with Crippen molar-refractivity contribution < 1.29 is 19.4 Å². The molecule has 0 unspecified atom stereocenters. The van der Waals surface area contributed by atoms with Crippen LogP contribution in [0.4, 0.5) is 5.13 Å². The number of aliphatic hydroxyl groups is 1. The van der Waals surface area contributed by atoms with E-state index in [9.17, 15) is 9.90 Å². The highest BCUT2D eigenvalue weighted by molar-refractivity contribution is 7.19. The van der Waals surface area contributed by atoms with Crippen LogP contribution in [-0.4, -0.2) is 54.8 Å². The van der Waals surface area contributed by atoms with Crippen molar-refractivity contribution in [2.24, 2.45) is 0 Å². The summed E-state index contributed by atoms with van der Waals surface area (Å²) in [5.41, 5.74) is 9.25. The SMILES string of the molecule is COc1ccc(CCN(CCO)C(=O)c2nc(N)sc2-c2cccc(C)c2)cc1OC. The van der Waals surface area contributed by atoms with Gasteiger partial charge in [0.15, 0.2) is 16.6 Å². The molecule has 8 heteroatoms. The van der Waals surface area contributed by atoms with Gasteiger partial charge < -0.3 is 25.2 Å². The second-order valence-electron chi connectivity index (χ2n) is 7.05. The molecule has 3 rings (SSSR count).